The summed E-state index contributed by atoms with van der Waals surface area (Å²) < 4.78 is 36.0. The lowest BCUT2D eigenvalue weighted by molar-refractivity contribution is -0.116. The molecule has 2 aliphatic rings. The number of aromatic nitrogens is 2. The van der Waals surface area contributed by atoms with Crippen LogP contribution in [0.2, 0.25) is 0 Å². The first-order chi connectivity index (χ1) is 16.8. The molecule has 3 aromatic rings. The number of sulfonamides is 1. The third-order valence-corrected chi connectivity index (χ3v) is 8.28. The number of aryl methyl sites for hydroxylation is 2. The van der Waals surface area contributed by atoms with E-state index in [1.165, 1.54) is 16.1 Å². The molecule has 1 amide bonds. The van der Waals surface area contributed by atoms with Gasteiger partial charge in [0.25, 0.3) is 10.0 Å². The molecule has 0 fully saturated rings. The van der Waals surface area contributed by atoms with Gasteiger partial charge in [-0.25, -0.2) is 8.42 Å². The molecule has 0 radical (unpaired) electrons. The van der Waals surface area contributed by atoms with Crippen LogP contribution in [-0.4, -0.2) is 43.7 Å². The van der Waals surface area contributed by atoms with Gasteiger partial charge in [0.05, 0.1) is 18.5 Å². The lowest BCUT2D eigenvalue weighted by atomic mass is 10.0. The fraction of sp³-hybridized carbons (Fsp3) is 0.320. The van der Waals surface area contributed by atoms with E-state index in [1.807, 2.05) is 31.2 Å². The van der Waals surface area contributed by atoms with Crippen molar-refractivity contribution in [1.29, 1.82) is 0 Å². The van der Waals surface area contributed by atoms with Gasteiger partial charge in [0.15, 0.2) is 0 Å². The first kappa shape index (κ1) is 23.1. The largest absolute Gasteiger partial charge is 0.495 e. The molecular weight excluding hydrogens is 468 g/mol. The summed E-state index contributed by atoms with van der Waals surface area (Å²) in [4.78, 5) is 24.9. The smallest absolute Gasteiger partial charge is 0.268 e. The van der Waals surface area contributed by atoms with Crippen molar-refractivity contribution in [3.63, 3.8) is 0 Å². The zero-order valence-corrected chi connectivity index (χ0v) is 20.4. The van der Waals surface area contributed by atoms with E-state index in [9.17, 15) is 18.0 Å². The van der Waals surface area contributed by atoms with Crippen LogP contribution in [0.1, 0.15) is 42.2 Å². The van der Waals surface area contributed by atoms with E-state index in [-0.39, 0.29) is 41.1 Å². The zero-order chi connectivity index (χ0) is 24.7. The maximum absolute atomic E-state index is 14.0. The van der Waals surface area contributed by atoms with Crippen molar-refractivity contribution < 1.29 is 22.7 Å². The van der Waals surface area contributed by atoms with E-state index < -0.39 is 10.0 Å². The number of anilines is 2. The summed E-state index contributed by atoms with van der Waals surface area (Å²) in [6.07, 6.45) is 2.14. The van der Waals surface area contributed by atoms with Gasteiger partial charge in [-0.15, -0.1) is 0 Å². The Balaban J connectivity index is 1.68. The van der Waals surface area contributed by atoms with Crippen LogP contribution >= 0.6 is 0 Å². The Morgan fingerprint density at radius 3 is 2.66 bits per heavy atom. The molecule has 0 saturated carbocycles. The van der Waals surface area contributed by atoms with Crippen LogP contribution in [0.4, 0.5) is 11.5 Å². The van der Waals surface area contributed by atoms with E-state index in [0.717, 1.165) is 12.0 Å². The second kappa shape index (κ2) is 8.84. The highest BCUT2D eigenvalue weighted by atomic mass is 32.2. The molecule has 10 heteroatoms. The minimum Gasteiger partial charge on any atom is -0.495 e. The number of hydrogen-bond donors (Lipinski definition) is 1. The Hall–Kier alpha value is -3.66. The highest BCUT2D eigenvalue weighted by Gasteiger charge is 2.33. The molecule has 0 aliphatic carbocycles. The monoisotopic (exact) mass is 494 g/mol. The van der Waals surface area contributed by atoms with Crippen LogP contribution in [0.25, 0.3) is 11.1 Å². The van der Waals surface area contributed by atoms with Crippen molar-refractivity contribution in [2.24, 2.45) is 0 Å². The molecule has 2 aliphatic heterocycles. The van der Waals surface area contributed by atoms with Crippen LogP contribution in [0.5, 0.6) is 5.75 Å². The average Bonchev–Trinajstić information content (AvgIpc) is 3.17. The first-order valence-electron chi connectivity index (χ1n) is 11.6. The number of carbonyl (C=O) groups is 2. The summed E-state index contributed by atoms with van der Waals surface area (Å²) in [7, 11) is -2.54. The Kier molecular flexibility index (Phi) is 5.84. The number of nitrogens with one attached hydrogen (secondary N) is 1. The van der Waals surface area contributed by atoms with E-state index >= 15 is 0 Å². The number of rotatable bonds is 5. The van der Waals surface area contributed by atoms with Crippen LogP contribution in [0, 0.1) is 0 Å². The second-order valence-electron chi connectivity index (χ2n) is 8.55. The van der Waals surface area contributed by atoms with Gasteiger partial charge in [-0.1, -0.05) is 31.2 Å². The van der Waals surface area contributed by atoms with Crippen LogP contribution in [0.3, 0.4) is 0 Å². The summed E-state index contributed by atoms with van der Waals surface area (Å²) in [6, 6.07) is 12.4. The fourth-order valence-electron chi connectivity index (χ4n) is 4.73. The third-order valence-electron chi connectivity index (χ3n) is 6.44. The predicted octanol–water partition coefficient (Wildman–Crippen LogP) is 3.64. The van der Waals surface area contributed by atoms with Crippen molar-refractivity contribution in [1.82, 2.24) is 9.78 Å². The maximum atomic E-state index is 14.0. The van der Waals surface area contributed by atoms with Gasteiger partial charge in [0, 0.05) is 24.9 Å². The van der Waals surface area contributed by atoms with Crippen molar-refractivity contribution in [2.45, 2.75) is 43.9 Å². The second-order valence-corrected chi connectivity index (χ2v) is 10.4. The van der Waals surface area contributed by atoms with Gasteiger partial charge < -0.3 is 10.1 Å². The SMILES string of the molecule is CCc1nn2c(c1-c1ccc(OC)c(S(=O)(=O)N3CCCc4ccccc43)c1)NC(=O)CCC2=O. The molecule has 182 valence electrons. The van der Waals surface area contributed by atoms with E-state index in [0.29, 0.717) is 41.9 Å². The molecule has 3 heterocycles. The number of benzene rings is 2. The van der Waals surface area contributed by atoms with Crippen LogP contribution in [0.15, 0.2) is 47.4 Å². The topological polar surface area (TPSA) is 111 Å². The molecule has 0 unspecified atom stereocenters. The van der Waals surface area contributed by atoms with Crippen molar-refractivity contribution in [2.75, 3.05) is 23.3 Å². The molecule has 5 rings (SSSR count). The summed E-state index contributed by atoms with van der Waals surface area (Å²) in [5, 5.41) is 7.22. The molecule has 1 N–H and O–H groups in total. The standard InChI is InChI=1S/C25H26N4O5S/c1-3-18-24(25-26-22(30)12-13-23(31)29(25)27-18)17-10-11-20(34-2)21(15-17)35(32,33)28-14-6-8-16-7-4-5-9-19(16)28/h4-5,7,9-11,15H,3,6,8,12-14H2,1-2H3,(H,26,30). The summed E-state index contributed by atoms with van der Waals surface area (Å²) in [5.74, 6) is -0.0860. The zero-order valence-electron chi connectivity index (χ0n) is 19.6. The highest BCUT2D eigenvalue weighted by Crippen LogP contribution is 2.40. The highest BCUT2D eigenvalue weighted by molar-refractivity contribution is 7.93. The first-order valence-corrected chi connectivity index (χ1v) is 13.0. The molecular formula is C25H26N4O5S. The van der Waals surface area contributed by atoms with E-state index in [4.69, 9.17) is 4.74 Å². The summed E-state index contributed by atoms with van der Waals surface area (Å²) in [6.45, 7) is 2.25. The van der Waals surface area contributed by atoms with Gasteiger partial charge in [0.2, 0.25) is 11.8 Å². The third kappa shape index (κ3) is 3.87. The fourth-order valence-corrected chi connectivity index (χ4v) is 6.46. The van der Waals surface area contributed by atoms with Crippen molar-refractivity contribution in [3.8, 4) is 16.9 Å². The molecule has 0 bridgehead atoms. The summed E-state index contributed by atoms with van der Waals surface area (Å²) in [5.41, 5.74) is 3.30. The minimum atomic E-state index is -3.97. The number of ether oxygens (including phenoxy) is 1. The Bertz CT molecular complexity index is 1440. The van der Waals surface area contributed by atoms with Gasteiger partial charge in [-0.2, -0.15) is 9.78 Å². The van der Waals surface area contributed by atoms with Gasteiger partial charge in [0.1, 0.15) is 16.5 Å². The molecule has 0 spiro atoms. The molecule has 35 heavy (non-hydrogen) atoms. The lowest BCUT2D eigenvalue weighted by Gasteiger charge is -2.31. The quantitative estimate of drug-likeness (QED) is 0.580. The molecule has 1 aromatic heterocycles. The van der Waals surface area contributed by atoms with Gasteiger partial charge in [-0.05, 0) is 48.6 Å². The number of nitrogens with zero attached hydrogens (tertiary/aromatic N) is 3. The molecule has 0 saturated heterocycles. The number of methoxy groups -OCH3 is 1. The van der Waals surface area contributed by atoms with Crippen LogP contribution < -0.4 is 14.4 Å². The van der Waals surface area contributed by atoms with Gasteiger partial charge in [-0.3, -0.25) is 13.9 Å². The predicted molar refractivity (Wildman–Crippen MR) is 131 cm³/mol. The molecule has 0 atom stereocenters. The lowest BCUT2D eigenvalue weighted by Crippen LogP contribution is -2.35. The molecule has 2 aromatic carbocycles. The minimum absolute atomic E-state index is 0.0162. The van der Waals surface area contributed by atoms with Crippen molar-refractivity contribution >= 4 is 33.3 Å². The number of fused-ring (bicyclic) bond motifs is 2. The number of amides is 1. The van der Waals surface area contributed by atoms with E-state index in [1.54, 1.807) is 18.2 Å². The van der Waals surface area contributed by atoms with Gasteiger partial charge >= 0.3 is 0 Å². The number of hydrogen-bond acceptors (Lipinski definition) is 6. The number of carbonyl (C=O) groups excluding carboxylic acids is 2. The number of para-hydroxylation sites is 1. The maximum Gasteiger partial charge on any atom is 0.268 e. The molecule has 9 nitrogen and oxygen atoms in total. The Morgan fingerprint density at radius 1 is 1.09 bits per heavy atom. The Labute approximate surface area is 203 Å². The van der Waals surface area contributed by atoms with E-state index in [2.05, 4.69) is 10.4 Å². The normalized spacial score (nSPS) is 15.8. The van der Waals surface area contributed by atoms with Crippen molar-refractivity contribution in [3.05, 3.63) is 53.7 Å². The van der Waals surface area contributed by atoms with Crippen LogP contribution in [-0.2, 0) is 27.7 Å². The summed E-state index contributed by atoms with van der Waals surface area (Å²) >= 11 is 0. The Morgan fingerprint density at radius 2 is 1.89 bits per heavy atom. The average molecular weight is 495 g/mol.